The summed E-state index contributed by atoms with van der Waals surface area (Å²) in [6.07, 6.45) is 5.95. The lowest BCUT2D eigenvalue weighted by Crippen LogP contribution is -2.10. The third-order valence-corrected chi connectivity index (χ3v) is 6.62. The molecule has 0 atom stereocenters. The molecule has 0 saturated heterocycles. The molecule has 0 radical (unpaired) electrons. The van der Waals surface area contributed by atoms with Gasteiger partial charge in [-0.2, -0.15) is 0 Å². The summed E-state index contributed by atoms with van der Waals surface area (Å²) in [5.74, 6) is 0. The van der Waals surface area contributed by atoms with Crippen molar-refractivity contribution in [1.82, 2.24) is 0 Å². The monoisotopic (exact) mass is 417 g/mol. The molecule has 0 heterocycles. The molecule has 0 unspecified atom stereocenters. The Morgan fingerprint density at radius 1 is 0.562 bits per heavy atom. The Kier molecular flexibility index (Phi) is 5.81. The minimum atomic E-state index is 1.10. The Morgan fingerprint density at radius 2 is 1.16 bits per heavy atom. The fraction of sp³-hybridized carbons (Fsp3) is 0.226. The first kappa shape index (κ1) is 20.6. The third-order valence-electron chi connectivity index (χ3n) is 6.62. The van der Waals surface area contributed by atoms with Crippen LogP contribution in [0.3, 0.4) is 0 Å². The largest absolute Gasteiger partial charge is 0.310 e. The van der Waals surface area contributed by atoms with Gasteiger partial charge in [-0.15, -0.1) is 0 Å². The Bertz CT molecular complexity index is 1160. The molecule has 0 N–H and O–H groups in total. The van der Waals surface area contributed by atoms with Crippen molar-refractivity contribution in [2.45, 2.75) is 46.0 Å². The second-order valence-electron chi connectivity index (χ2n) is 9.13. The summed E-state index contributed by atoms with van der Waals surface area (Å²) in [6.45, 7) is 4.28. The Morgan fingerprint density at radius 3 is 1.72 bits per heavy atom. The lowest BCUT2D eigenvalue weighted by molar-refractivity contribution is 0.798. The van der Waals surface area contributed by atoms with Gasteiger partial charge in [0.25, 0.3) is 0 Å². The third kappa shape index (κ3) is 4.48. The summed E-state index contributed by atoms with van der Waals surface area (Å²) in [6, 6.07) is 33.7. The Labute approximate surface area is 192 Å². The van der Waals surface area contributed by atoms with Gasteiger partial charge in [-0.1, -0.05) is 65.7 Å². The summed E-state index contributed by atoms with van der Waals surface area (Å²) >= 11 is 0. The number of rotatable bonds is 7. The number of fused-ring (bicyclic) bond motifs is 1. The highest BCUT2D eigenvalue weighted by molar-refractivity contribution is 5.76. The molecule has 4 aromatic carbocycles. The van der Waals surface area contributed by atoms with Crippen molar-refractivity contribution in [3.05, 3.63) is 124 Å². The van der Waals surface area contributed by atoms with E-state index in [1.807, 2.05) is 0 Å². The molecular formula is C31H31N. The number of hydrogen-bond acceptors (Lipinski definition) is 1. The number of benzene rings is 4. The molecule has 0 aromatic heterocycles. The summed E-state index contributed by atoms with van der Waals surface area (Å²) in [4.78, 5) is 2.36. The lowest BCUT2D eigenvalue weighted by atomic mass is 9.86. The quantitative estimate of drug-likeness (QED) is 0.294. The molecule has 0 saturated carbocycles. The van der Waals surface area contributed by atoms with Crippen molar-refractivity contribution in [3.63, 3.8) is 0 Å². The second kappa shape index (κ2) is 9.04. The number of hydrogen-bond donors (Lipinski definition) is 0. The van der Waals surface area contributed by atoms with Crippen molar-refractivity contribution >= 4 is 17.1 Å². The van der Waals surface area contributed by atoms with Crippen molar-refractivity contribution < 1.29 is 0 Å². The summed E-state index contributed by atoms with van der Waals surface area (Å²) in [5, 5.41) is 0. The van der Waals surface area contributed by atoms with Crippen LogP contribution >= 0.6 is 0 Å². The minimum Gasteiger partial charge on any atom is -0.310 e. The number of nitrogens with zero attached hydrogens (tertiary/aromatic N) is 1. The topological polar surface area (TPSA) is 3.24 Å². The van der Waals surface area contributed by atoms with E-state index >= 15 is 0 Å². The van der Waals surface area contributed by atoms with Crippen LogP contribution in [0.2, 0.25) is 0 Å². The first-order valence-electron chi connectivity index (χ1n) is 11.8. The molecule has 4 aromatic rings. The van der Waals surface area contributed by atoms with Gasteiger partial charge >= 0.3 is 0 Å². The first-order valence-corrected chi connectivity index (χ1v) is 11.8. The van der Waals surface area contributed by atoms with E-state index < -0.39 is 0 Å². The molecule has 0 amide bonds. The normalized spacial score (nSPS) is 12.2. The molecule has 1 heteroatoms. The highest BCUT2D eigenvalue weighted by atomic mass is 15.1. The van der Waals surface area contributed by atoms with Crippen LogP contribution < -0.4 is 4.90 Å². The average Bonchev–Trinajstić information content (AvgIpc) is 2.79. The molecule has 1 aliphatic rings. The maximum Gasteiger partial charge on any atom is 0.0464 e. The Hall–Kier alpha value is -3.32. The fourth-order valence-corrected chi connectivity index (χ4v) is 4.59. The number of anilines is 3. The maximum atomic E-state index is 2.42. The van der Waals surface area contributed by atoms with E-state index in [1.54, 1.807) is 11.1 Å². The van der Waals surface area contributed by atoms with Gasteiger partial charge in [0.15, 0.2) is 0 Å². The lowest BCUT2D eigenvalue weighted by Gasteiger charge is -2.26. The van der Waals surface area contributed by atoms with E-state index in [2.05, 4.69) is 110 Å². The predicted octanol–water partition coefficient (Wildman–Crippen LogP) is 8.05. The van der Waals surface area contributed by atoms with Crippen LogP contribution in [-0.2, 0) is 25.7 Å². The van der Waals surface area contributed by atoms with Crippen LogP contribution in [-0.4, -0.2) is 0 Å². The van der Waals surface area contributed by atoms with Crippen molar-refractivity contribution in [1.29, 1.82) is 0 Å². The van der Waals surface area contributed by atoms with E-state index in [0.29, 0.717) is 0 Å². The zero-order chi connectivity index (χ0) is 21.9. The standard InChI is InChI=1S/C31H31N/c1-23-9-17-29(18-10-23)32(30-19-11-24(2)12-20-30)31-8-4-7-25(22-31)5-3-6-26-13-14-27-15-16-28(27)21-26/h4,7-14,17-22H,3,5-6,15-16H2,1-2H3. The van der Waals surface area contributed by atoms with Gasteiger partial charge in [0.2, 0.25) is 0 Å². The molecule has 0 spiro atoms. The van der Waals surface area contributed by atoms with Crippen molar-refractivity contribution in [2.24, 2.45) is 0 Å². The number of aryl methyl sites for hydroxylation is 6. The van der Waals surface area contributed by atoms with E-state index in [4.69, 9.17) is 0 Å². The molecule has 5 rings (SSSR count). The summed E-state index contributed by atoms with van der Waals surface area (Å²) in [5.41, 5.74) is 12.2. The Balaban J connectivity index is 1.37. The molecular weight excluding hydrogens is 386 g/mol. The molecule has 1 nitrogen and oxygen atoms in total. The molecule has 160 valence electrons. The molecule has 0 bridgehead atoms. The SMILES string of the molecule is Cc1ccc(N(c2ccc(C)cc2)c2cccc(CCCc3ccc4c(c3)CC4)c2)cc1. The van der Waals surface area contributed by atoms with E-state index in [1.165, 1.54) is 58.6 Å². The highest BCUT2D eigenvalue weighted by Gasteiger charge is 2.14. The smallest absolute Gasteiger partial charge is 0.0464 e. The van der Waals surface area contributed by atoms with Gasteiger partial charge < -0.3 is 4.90 Å². The summed E-state index contributed by atoms with van der Waals surface area (Å²) < 4.78 is 0. The fourth-order valence-electron chi connectivity index (χ4n) is 4.59. The van der Waals surface area contributed by atoms with Gasteiger partial charge in [0.1, 0.15) is 0 Å². The highest BCUT2D eigenvalue weighted by Crippen LogP contribution is 2.35. The van der Waals surface area contributed by atoms with Gasteiger partial charge in [0, 0.05) is 17.1 Å². The van der Waals surface area contributed by atoms with Crippen LogP contribution in [0.25, 0.3) is 0 Å². The zero-order valence-corrected chi connectivity index (χ0v) is 19.1. The molecule has 0 fully saturated rings. The van der Waals surface area contributed by atoms with Gasteiger partial charge in [-0.05, 0) is 105 Å². The first-order chi connectivity index (χ1) is 15.7. The van der Waals surface area contributed by atoms with E-state index in [0.717, 1.165) is 12.8 Å². The van der Waals surface area contributed by atoms with Crippen molar-refractivity contribution in [3.8, 4) is 0 Å². The average molecular weight is 418 g/mol. The van der Waals surface area contributed by atoms with Gasteiger partial charge in [0.05, 0.1) is 0 Å². The van der Waals surface area contributed by atoms with Crippen LogP contribution in [0.5, 0.6) is 0 Å². The zero-order valence-electron chi connectivity index (χ0n) is 19.1. The van der Waals surface area contributed by atoms with Gasteiger partial charge in [-0.25, -0.2) is 0 Å². The molecule has 1 aliphatic carbocycles. The molecule has 0 aliphatic heterocycles. The van der Waals surface area contributed by atoms with Crippen molar-refractivity contribution in [2.75, 3.05) is 4.90 Å². The van der Waals surface area contributed by atoms with E-state index in [-0.39, 0.29) is 0 Å². The van der Waals surface area contributed by atoms with Crippen LogP contribution in [0.1, 0.15) is 39.8 Å². The minimum absolute atomic E-state index is 1.10. The second-order valence-corrected chi connectivity index (χ2v) is 9.13. The molecule has 32 heavy (non-hydrogen) atoms. The van der Waals surface area contributed by atoms with Crippen LogP contribution in [0, 0.1) is 13.8 Å². The predicted molar refractivity (Wildman–Crippen MR) is 136 cm³/mol. The van der Waals surface area contributed by atoms with Gasteiger partial charge in [-0.3, -0.25) is 0 Å². The van der Waals surface area contributed by atoms with E-state index in [9.17, 15) is 0 Å². The van der Waals surface area contributed by atoms with Crippen LogP contribution in [0.4, 0.5) is 17.1 Å². The summed E-state index contributed by atoms with van der Waals surface area (Å²) in [7, 11) is 0. The van der Waals surface area contributed by atoms with Crippen LogP contribution in [0.15, 0.2) is 91.0 Å². The maximum absolute atomic E-state index is 2.42.